The van der Waals surface area contributed by atoms with Crippen molar-refractivity contribution in [1.82, 2.24) is 0 Å². The van der Waals surface area contributed by atoms with Crippen LogP contribution in [0.15, 0.2) is 72.8 Å². The van der Waals surface area contributed by atoms with Gasteiger partial charge in [-0.25, -0.2) is 4.57 Å². The average molecular weight is 551 g/mol. The SMILES string of the molecule is CC(C)c1ccccc1-c1ccc2c3c1OP(=O)(O)Oc1c(-c4ccccc4C(C)C)ccc4c1C3(CC2)CC4. The van der Waals surface area contributed by atoms with Gasteiger partial charge in [0.15, 0.2) is 0 Å². The molecule has 3 aliphatic rings. The van der Waals surface area contributed by atoms with Gasteiger partial charge in [0.2, 0.25) is 0 Å². The zero-order valence-electron chi connectivity index (χ0n) is 23.5. The molecule has 0 fully saturated rings. The molecule has 40 heavy (non-hydrogen) atoms. The van der Waals surface area contributed by atoms with Crippen molar-refractivity contribution in [3.8, 4) is 33.8 Å². The Kier molecular flexibility index (Phi) is 5.82. The van der Waals surface area contributed by atoms with E-state index in [4.69, 9.17) is 9.05 Å². The number of benzene rings is 4. The van der Waals surface area contributed by atoms with Gasteiger partial charge in [-0.05, 0) is 70.9 Å². The van der Waals surface area contributed by atoms with E-state index < -0.39 is 7.82 Å². The zero-order chi connectivity index (χ0) is 27.8. The molecule has 0 radical (unpaired) electrons. The van der Waals surface area contributed by atoms with E-state index in [2.05, 4.69) is 76.2 Å². The van der Waals surface area contributed by atoms with Crippen LogP contribution in [0.1, 0.15) is 85.8 Å². The first-order chi connectivity index (χ1) is 19.2. The standard InChI is InChI=1S/C35H35O4P/c1-21(2)25-9-5-7-11-27(25)29-15-13-23-17-19-35-20-18-24-14-16-30(28-12-8-6-10-26(28)22(3)4)34(32(24)35)39-40(36,37)38-33(29)31(23)35/h5-16,21-22H,17-20H2,1-4H3,(H,36,37). The Labute approximate surface area is 236 Å². The zero-order valence-corrected chi connectivity index (χ0v) is 24.4. The Balaban J connectivity index is 1.54. The van der Waals surface area contributed by atoms with Gasteiger partial charge in [0, 0.05) is 27.7 Å². The molecular weight excluding hydrogens is 515 g/mol. The number of hydrogen-bond donors (Lipinski definition) is 1. The van der Waals surface area contributed by atoms with Crippen molar-refractivity contribution in [1.29, 1.82) is 0 Å². The molecule has 0 atom stereocenters. The van der Waals surface area contributed by atoms with Crippen LogP contribution in [0.25, 0.3) is 22.3 Å². The summed E-state index contributed by atoms with van der Waals surface area (Å²) in [4.78, 5) is 11.4. The highest BCUT2D eigenvalue weighted by Gasteiger charge is 2.52. The van der Waals surface area contributed by atoms with E-state index in [0.717, 1.165) is 59.1 Å². The lowest BCUT2D eigenvalue weighted by Gasteiger charge is -2.35. The van der Waals surface area contributed by atoms with Crippen molar-refractivity contribution < 1.29 is 18.5 Å². The molecule has 0 saturated carbocycles. The van der Waals surface area contributed by atoms with Gasteiger partial charge >= 0.3 is 7.82 Å². The summed E-state index contributed by atoms with van der Waals surface area (Å²) in [5.74, 6) is 1.61. The van der Waals surface area contributed by atoms with Gasteiger partial charge in [-0.15, -0.1) is 0 Å². The third kappa shape index (κ3) is 3.73. The van der Waals surface area contributed by atoms with Gasteiger partial charge in [0.25, 0.3) is 0 Å². The summed E-state index contributed by atoms with van der Waals surface area (Å²) in [6.07, 6.45) is 3.67. The summed E-state index contributed by atoms with van der Waals surface area (Å²) in [5.41, 5.74) is 10.4. The summed E-state index contributed by atoms with van der Waals surface area (Å²) in [7, 11) is -4.54. The van der Waals surface area contributed by atoms with Gasteiger partial charge in [-0.3, -0.25) is 4.89 Å². The Morgan fingerprint density at radius 1 is 0.650 bits per heavy atom. The Bertz CT molecular complexity index is 1590. The fraction of sp³-hybridized carbons (Fsp3) is 0.314. The normalized spacial score (nSPS) is 17.6. The van der Waals surface area contributed by atoms with Crippen LogP contribution in [-0.2, 0) is 22.8 Å². The quantitative estimate of drug-likeness (QED) is 0.257. The van der Waals surface area contributed by atoms with Crippen molar-refractivity contribution in [2.75, 3.05) is 0 Å². The highest BCUT2D eigenvalue weighted by Crippen LogP contribution is 2.65. The molecule has 0 unspecified atom stereocenters. The third-order valence-electron chi connectivity index (χ3n) is 9.25. The van der Waals surface area contributed by atoms with Crippen LogP contribution >= 0.6 is 7.82 Å². The van der Waals surface area contributed by atoms with Gasteiger partial charge < -0.3 is 9.05 Å². The smallest absolute Gasteiger partial charge is 0.394 e. The maximum atomic E-state index is 13.9. The van der Waals surface area contributed by atoms with Crippen molar-refractivity contribution in [3.63, 3.8) is 0 Å². The molecule has 4 aromatic carbocycles. The number of aryl methyl sites for hydroxylation is 2. The lowest BCUT2D eigenvalue weighted by atomic mass is 9.74. The fourth-order valence-corrected chi connectivity index (χ4v) is 8.39. The molecule has 4 aromatic rings. The second kappa shape index (κ2) is 9.09. The molecule has 2 aliphatic carbocycles. The number of phosphoric ester groups is 1. The van der Waals surface area contributed by atoms with Crippen LogP contribution in [0.5, 0.6) is 11.5 Å². The van der Waals surface area contributed by atoms with E-state index in [1.54, 1.807) is 0 Å². The van der Waals surface area contributed by atoms with Crippen molar-refractivity contribution in [2.24, 2.45) is 0 Å². The van der Waals surface area contributed by atoms with Crippen molar-refractivity contribution in [2.45, 2.75) is 70.6 Å². The summed E-state index contributed by atoms with van der Waals surface area (Å²) >= 11 is 0. The van der Waals surface area contributed by atoms with Crippen LogP contribution in [-0.4, -0.2) is 4.89 Å². The predicted octanol–water partition coefficient (Wildman–Crippen LogP) is 9.32. The van der Waals surface area contributed by atoms with Crippen LogP contribution in [0, 0.1) is 0 Å². The first kappa shape index (κ1) is 25.6. The topological polar surface area (TPSA) is 55.8 Å². The Morgan fingerprint density at radius 3 is 1.50 bits per heavy atom. The number of hydrogen-bond acceptors (Lipinski definition) is 3. The lowest BCUT2D eigenvalue weighted by molar-refractivity contribution is 0.281. The Morgan fingerprint density at radius 2 is 1.07 bits per heavy atom. The summed E-state index contributed by atoms with van der Waals surface area (Å²) in [5, 5.41) is 0. The van der Waals surface area contributed by atoms with E-state index >= 15 is 0 Å². The minimum Gasteiger partial charge on any atom is -0.394 e. The van der Waals surface area contributed by atoms with Crippen molar-refractivity contribution in [3.05, 3.63) is 106 Å². The fourth-order valence-electron chi connectivity index (χ4n) is 7.51. The van der Waals surface area contributed by atoms with Crippen LogP contribution in [0.4, 0.5) is 0 Å². The Hall–Kier alpha value is -3.33. The van der Waals surface area contributed by atoms with E-state index in [1.807, 2.05) is 24.3 Å². The highest BCUT2D eigenvalue weighted by molar-refractivity contribution is 7.48. The maximum absolute atomic E-state index is 13.9. The van der Waals surface area contributed by atoms with Gasteiger partial charge in [0.05, 0.1) is 0 Å². The molecule has 1 N–H and O–H groups in total. The number of phosphoric acid groups is 1. The molecule has 5 heteroatoms. The first-order valence-electron chi connectivity index (χ1n) is 14.4. The molecule has 204 valence electrons. The molecule has 0 amide bonds. The third-order valence-corrected chi connectivity index (χ3v) is 10.1. The average Bonchev–Trinajstić information content (AvgIpc) is 3.49. The maximum Gasteiger partial charge on any atom is 0.584 e. The van der Waals surface area contributed by atoms with E-state index in [9.17, 15) is 9.46 Å². The molecular formula is C35H35O4P. The molecule has 4 nitrogen and oxygen atoms in total. The molecule has 7 rings (SSSR count). The van der Waals surface area contributed by atoms with Crippen LogP contribution < -0.4 is 9.05 Å². The molecule has 1 heterocycles. The minimum absolute atomic E-state index is 0.291. The van der Waals surface area contributed by atoms with E-state index in [1.165, 1.54) is 22.3 Å². The van der Waals surface area contributed by atoms with E-state index in [0.29, 0.717) is 23.3 Å². The molecule has 0 saturated heterocycles. The van der Waals surface area contributed by atoms with Crippen LogP contribution in [0.3, 0.4) is 0 Å². The molecule has 0 bridgehead atoms. The highest BCUT2D eigenvalue weighted by atomic mass is 31.2. The second-order valence-electron chi connectivity index (χ2n) is 12.2. The van der Waals surface area contributed by atoms with Gasteiger partial charge in [0.1, 0.15) is 11.5 Å². The van der Waals surface area contributed by atoms with E-state index in [-0.39, 0.29) is 5.41 Å². The van der Waals surface area contributed by atoms with Gasteiger partial charge in [-0.1, -0.05) is 100 Å². The largest absolute Gasteiger partial charge is 0.584 e. The molecule has 1 aliphatic heterocycles. The molecule has 0 aromatic heterocycles. The second-order valence-corrected chi connectivity index (χ2v) is 13.5. The summed E-state index contributed by atoms with van der Waals surface area (Å²) in [6, 6.07) is 25.2. The van der Waals surface area contributed by atoms with Gasteiger partial charge in [-0.2, -0.15) is 0 Å². The van der Waals surface area contributed by atoms with Crippen LogP contribution in [0.2, 0.25) is 0 Å². The molecule has 1 spiro atoms. The minimum atomic E-state index is -4.54. The lowest BCUT2D eigenvalue weighted by Crippen LogP contribution is -2.25. The monoisotopic (exact) mass is 550 g/mol. The number of rotatable bonds is 4. The van der Waals surface area contributed by atoms with Crippen molar-refractivity contribution >= 4 is 7.82 Å². The first-order valence-corrected chi connectivity index (χ1v) is 15.9. The summed E-state index contributed by atoms with van der Waals surface area (Å²) in [6.45, 7) is 8.70. The summed E-state index contributed by atoms with van der Waals surface area (Å²) < 4.78 is 26.3. The predicted molar refractivity (Wildman–Crippen MR) is 160 cm³/mol.